The van der Waals surface area contributed by atoms with Crippen molar-refractivity contribution >= 4 is 11.9 Å². The lowest BCUT2D eigenvalue weighted by Gasteiger charge is -2.29. The molecule has 0 bridgehead atoms. The molecule has 2 aromatic carbocycles. The van der Waals surface area contributed by atoms with E-state index in [-0.39, 0.29) is 11.5 Å². The molecule has 4 rings (SSSR count). The minimum atomic E-state index is -0.191. The summed E-state index contributed by atoms with van der Waals surface area (Å²) in [5, 5.41) is 0. The van der Waals surface area contributed by atoms with Crippen LogP contribution in [0.1, 0.15) is 21.5 Å². The second-order valence-corrected chi connectivity index (χ2v) is 7.13. The van der Waals surface area contributed by atoms with Crippen molar-refractivity contribution in [3.05, 3.63) is 46.7 Å². The lowest BCUT2D eigenvalue weighted by molar-refractivity contribution is 0.0646. The highest BCUT2D eigenvalue weighted by Gasteiger charge is 2.33. The van der Waals surface area contributed by atoms with Crippen molar-refractivity contribution in [3.63, 3.8) is 0 Å². The van der Waals surface area contributed by atoms with Gasteiger partial charge in [-0.3, -0.25) is 9.69 Å². The summed E-state index contributed by atoms with van der Waals surface area (Å²) >= 11 is 0. The third-order valence-electron chi connectivity index (χ3n) is 5.32. The molecule has 0 radical (unpaired) electrons. The van der Waals surface area contributed by atoms with Gasteiger partial charge in [-0.25, -0.2) is 0 Å². The van der Waals surface area contributed by atoms with E-state index in [2.05, 4.69) is 4.90 Å². The standard InChI is InChI=1S/C23H25NO7/c1-26-8-7-24-12-16-17(30-13-24)6-5-15-22(25)21(31-23(15)16)10-14-9-19(28-3)20(29-4)11-18(14)27-2/h5-6,9-11H,7-8,12-13H2,1-4H3/b21-10-. The minimum Gasteiger partial charge on any atom is -0.496 e. The van der Waals surface area contributed by atoms with Gasteiger partial charge in [0, 0.05) is 31.8 Å². The lowest BCUT2D eigenvalue weighted by Crippen LogP contribution is -2.34. The molecule has 0 spiro atoms. The number of hydrogen-bond donors (Lipinski definition) is 0. The Labute approximate surface area is 180 Å². The van der Waals surface area contributed by atoms with Gasteiger partial charge in [0.05, 0.1) is 39.1 Å². The number of Topliss-reactive ketones (excluding diaryl/α,β-unsaturated/α-hetero) is 1. The molecule has 8 heteroatoms. The largest absolute Gasteiger partial charge is 0.496 e. The quantitative estimate of drug-likeness (QED) is 0.624. The Morgan fingerprint density at radius 2 is 1.77 bits per heavy atom. The average Bonchev–Trinajstić information content (AvgIpc) is 3.12. The smallest absolute Gasteiger partial charge is 0.231 e. The predicted molar refractivity (Wildman–Crippen MR) is 113 cm³/mol. The minimum absolute atomic E-state index is 0.191. The van der Waals surface area contributed by atoms with Gasteiger partial charge in [0.2, 0.25) is 5.78 Å². The maximum absolute atomic E-state index is 13.1. The SMILES string of the molecule is COCCN1COc2ccc3c(c2C1)O/C(=C\c1cc(OC)c(OC)cc1OC)C3=O. The summed E-state index contributed by atoms with van der Waals surface area (Å²) in [7, 11) is 6.32. The van der Waals surface area contributed by atoms with E-state index in [0.29, 0.717) is 54.0 Å². The number of benzene rings is 2. The molecular formula is C23H25NO7. The Bertz CT molecular complexity index is 1030. The number of hydrogen-bond acceptors (Lipinski definition) is 8. The molecule has 31 heavy (non-hydrogen) atoms. The fourth-order valence-electron chi connectivity index (χ4n) is 3.68. The van der Waals surface area contributed by atoms with Crippen molar-refractivity contribution in [2.45, 2.75) is 6.54 Å². The van der Waals surface area contributed by atoms with Crippen LogP contribution < -0.4 is 23.7 Å². The fourth-order valence-corrected chi connectivity index (χ4v) is 3.68. The predicted octanol–water partition coefficient (Wildman–Crippen LogP) is 3.13. The van der Waals surface area contributed by atoms with Crippen molar-refractivity contribution in [1.82, 2.24) is 4.90 Å². The molecule has 2 aliphatic rings. The second kappa shape index (κ2) is 8.87. The van der Waals surface area contributed by atoms with E-state index in [1.54, 1.807) is 52.7 Å². The molecule has 2 aromatic rings. The van der Waals surface area contributed by atoms with Gasteiger partial charge in [-0.1, -0.05) is 0 Å². The van der Waals surface area contributed by atoms with Crippen molar-refractivity contribution in [3.8, 4) is 28.7 Å². The molecular weight excluding hydrogens is 402 g/mol. The molecule has 8 nitrogen and oxygen atoms in total. The monoisotopic (exact) mass is 427 g/mol. The fraction of sp³-hybridized carbons (Fsp3) is 0.348. The molecule has 0 atom stereocenters. The zero-order valence-electron chi connectivity index (χ0n) is 18.0. The third-order valence-corrected chi connectivity index (χ3v) is 5.32. The van der Waals surface area contributed by atoms with Crippen LogP contribution in [0.25, 0.3) is 6.08 Å². The zero-order valence-corrected chi connectivity index (χ0v) is 18.0. The number of ketones is 1. The number of carbonyl (C=O) groups excluding carboxylic acids is 1. The Hall–Kier alpha value is -3.23. The third kappa shape index (κ3) is 3.92. The molecule has 0 saturated carbocycles. The summed E-state index contributed by atoms with van der Waals surface area (Å²) in [6.45, 7) is 2.40. The Morgan fingerprint density at radius 3 is 2.48 bits per heavy atom. The molecule has 0 amide bonds. The van der Waals surface area contributed by atoms with Gasteiger partial charge in [-0.05, 0) is 24.3 Å². The summed E-state index contributed by atoms with van der Waals surface area (Å²) in [6.07, 6.45) is 1.65. The first kappa shape index (κ1) is 21.0. The van der Waals surface area contributed by atoms with Crippen molar-refractivity contribution < 1.29 is 33.2 Å². The molecule has 2 heterocycles. The van der Waals surface area contributed by atoms with E-state index in [9.17, 15) is 4.79 Å². The molecule has 0 N–H and O–H groups in total. The van der Waals surface area contributed by atoms with Crippen LogP contribution in [0.3, 0.4) is 0 Å². The normalized spacial score (nSPS) is 16.4. The van der Waals surface area contributed by atoms with Crippen molar-refractivity contribution in [2.24, 2.45) is 0 Å². The molecule has 0 aliphatic carbocycles. The van der Waals surface area contributed by atoms with Gasteiger partial charge in [-0.15, -0.1) is 0 Å². The number of methoxy groups -OCH3 is 4. The number of carbonyl (C=O) groups is 1. The molecule has 164 valence electrons. The first-order chi connectivity index (χ1) is 15.1. The summed E-state index contributed by atoms with van der Waals surface area (Å²) in [6, 6.07) is 7.02. The highest BCUT2D eigenvalue weighted by molar-refractivity contribution is 6.15. The van der Waals surface area contributed by atoms with Crippen LogP contribution in [0, 0.1) is 0 Å². The molecule has 0 fully saturated rings. The van der Waals surface area contributed by atoms with E-state index in [0.717, 1.165) is 17.9 Å². The topological polar surface area (TPSA) is 75.7 Å². The number of nitrogens with zero attached hydrogens (tertiary/aromatic N) is 1. The lowest BCUT2D eigenvalue weighted by atomic mass is 10.0. The van der Waals surface area contributed by atoms with Gasteiger partial charge in [0.15, 0.2) is 17.3 Å². The summed E-state index contributed by atoms with van der Waals surface area (Å²) in [5.74, 6) is 2.88. The van der Waals surface area contributed by atoms with Gasteiger partial charge in [0.1, 0.15) is 24.0 Å². The highest BCUT2D eigenvalue weighted by atomic mass is 16.5. The summed E-state index contributed by atoms with van der Waals surface area (Å²) in [5.41, 5.74) is 2.01. The van der Waals surface area contributed by atoms with E-state index < -0.39 is 0 Å². The van der Waals surface area contributed by atoms with E-state index in [1.165, 1.54) is 0 Å². The van der Waals surface area contributed by atoms with Crippen LogP contribution in [-0.2, 0) is 11.3 Å². The van der Waals surface area contributed by atoms with E-state index in [1.807, 2.05) is 6.07 Å². The van der Waals surface area contributed by atoms with Crippen LogP contribution in [0.15, 0.2) is 30.0 Å². The average molecular weight is 427 g/mol. The highest BCUT2D eigenvalue weighted by Crippen LogP contribution is 2.43. The van der Waals surface area contributed by atoms with E-state index in [4.69, 9.17) is 28.4 Å². The van der Waals surface area contributed by atoms with Crippen LogP contribution in [0.5, 0.6) is 28.7 Å². The molecule has 0 aromatic heterocycles. The van der Waals surface area contributed by atoms with E-state index >= 15 is 0 Å². The van der Waals surface area contributed by atoms with Crippen molar-refractivity contribution in [2.75, 3.05) is 48.3 Å². The van der Waals surface area contributed by atoms with Crippen LogP contribution in [0.4, 0.5) is 0 Å². The van der Waals surface area contributed by atoms with Gasteiger partial charge >= 0.3 is 0 Å². The van der Waals surface area contributed by atoms with Crippen LogP contribution >= 0.6 is 0 Å². The van der Waals surface area contributed by atoms with Crippen LogP contribution in [0.2, 0.25) is 0 Å². The number of ether oxygens (including phenoxy) is 6. The maximum atomic E-state index is 13.1. The Balaban J connectivity index is 1.68. The summed E-state index contributed by atoms with van der Waals surface area (Å²) in [4.78, 5) is 15.1. The number of fused-ring (bicyclic) bond motifs is 3. The Morgan fingerprint density at radius 1 is 1.03 bits per heavy atom. The molecule has 0 saturated heterocycles. The second-order valence-electron chi connectivity index (χ2n) is 7.13. The van der Waals surface area contributed by atoms with Gasteiger partial charge in [-0.2, -0.15) is 0 Å². The molecule has 2 aliphatic heterocycles. The van der Waals surface area contributed by atoms with Gasteiger partial charge < -0.3 is 28.4 Å². The van der Waals surface area contributed by atoms with Gasteiger partial charge in [0.25, 0.3) is 0 Å². The first-order valence-electron chi connectivity index (χ1n) is 9.83. The zero-order chi connectivity index (χ0) is 22.0. The number of allylic oxidation sites excluding steroid dienone is 1. The Kier molecular flexibility index (Phi) is 6.01. The maximum Gasteiger partial charge on any atom is 0.231 e. The number of rotatable bonds is 7. The first-order valence-corrected chi connectivity index (χ1v) is 9.83. The van der Waals surface area contributed by atoms with Crippen LogP contribution in [-0.4, -0.2) is 59.0 Å². The molecule has 0 unspecified atom stereocenters. The summed E-state index contributed by atoms with van der Waals surface area (Å²) < 4.78 is 33.2. The van der Waals surface area contributed by atoms with Crippen molar-refractivity contribution in [1.29, 1.82) is 0 Å².